The van der Waals surface area contributed by atoms with E-state index in [2.05, 4.69) is 0 Å². The van der Waals surface area contributed by atoms with Crippen LogP contribution in [0.25, 0.3) is 10.9 Å². The molecule has 2 heterocycles. The molecule has 1 aromatic heterocycles. The molecule has 1 saturated heterocycles. The summed E-state index contributed by atoms with van der Waals surface area (Å²) in [5, 5.41) is -1.04. The minimum Gasteiger partial charge on any atom is -0.462 e. The topological polar surface area (TPSA) is 57.5 Å². The second-order valence-corrected chi connectivity index (χ2v) is 5.17. The second-order valence-electron chi connectivity index (χ2n) is 5.17. The highest BCUT2D eigenvalue weighted by molar-refractivity contribution is 5.94. The Bertz CT molecular complexity index is 905. The van der Waals surface area contributed by atoms with Gasteiger partial charge in [0.2, 0.25) is 5.43 Å². The summed E-state index contributed by atoms with van der Waals surface area (Å²) >= 11 is 0. The lowest BCUT2D eigenvalue weighted by molar-refractivity contribution is -0.0220. The molecule has 2 aromatic rings. The number of hydrogen-bond acceptors (Lipinski definition) is 4. The van der Waals surface area contributed by atoms with Crippen LogP contribution in [-0.2, 0) is 9.47 Å². The van der Waals surface area contributed by atoms with Crippen LogP contribution in [-0.4, -0.2) is 30.4 Å². The first kappa shape index (κ1) is 16.4. The van der Waals surface area contributed by atoms with Gasteiger partial charge < -0.3 is 14.0 Å². The highest BCUT2D eigenvalue weighted by Gasteiger charge is 2.31. The van der Waals surface area contributed by atoms with Crippen LogP contribution in [0.15, 0.2) is 11.0 Å². The number of nitrogens with zero attached hydrogens (tertiary/aromatic N) is 1. The van der Waals surface area contributed by atoms with Crippen molar-refractivity contribution in [2.24, 2.45) is 0 Å². The summed E-state index contributed by atoms with van der Waals surface area (Å²) in [5.74, 6) is -8.77. The smallest absolute Gasteiger partial charge is 0.343 e. The van der Waals surface area contributed by atoms with Crippen molar-refractivity contribution in [3.63, 3.8) is 0 Å². The first-order chi connectivity index (χ1) is 11.4. The molecular weight excluding hydrogens is 334 g/mol. The van der Waals surface area contributed by atoms with Crippen molar-refractivity contribution in [3.05, 3.63) is 45.3 Å². The number of hydrogen-bond donors (Lipinski definition) is 0. The normalized spacial score (nSPS) is 14.7. The molecule has 3 rings (SSSR count). The summed E-state index contributed by atoms with van der Waals surface area (Å²) in [6.45, 7) is 1.60. The highest BCUT2D eigenvalue weighted by atomic mass is 19.2. The average Bonchev–Trinajstić information content (AvgIpc) is 2.50. The maximum Gasteiger partial charge on any atom is 0.343 e. The van der Waals surface area contributed by atoms with Gasteiger partial charge in [0, 0.05) is 6.20 Å². The number of fused-ring (bicyclic) bond motifs is 1. The number of benzene rings is 1. The predicted molar refractivity (Wildman–Crippen MR) is 73.9 cm³/mol. The van der Waals surface area contributed by atoms with Gasteiger partial charge in [-0.15, -0.1) is 0 Å². The molecule has 0 aliphatic carbocycles. The van der Waals surface area contributed by atoms with Crippen molar-refractivity contribution in [1.29, 1.82) is 0 Å². The average molecular weight is 345 g/mol. The predicted octanol–water partition coefficient (Wildman–Crippen LogP) is 2.31. The fraction of sp³-hybridized carbons (Fsp3) is 0.333. The summed E-state index contributed by atoms with van der Waals surface area (Å²) in [7, 11) is 0. The van der Waals surface area contributed by atoms with E-state index in [0.29, 0.717) is 0 Å². The molecule has 128 valence electrons. The monoisotopic (exact) mass is 345 g/mol. The third-order valence-corrected chi connectivity index (χ3v) is 3.75. The van der Waals surface area contributed by atoms with E-state index >= 15 is 0 Å². The molecule has 5 nitrogen and oxygen atoms in total. The van der Waals surface area contributed by atoms with Crippen LogP contribution in [0.5, 0.6) is 0 Å². The maximum atomic E-state index is 14.2. The van der Waals surface area contributed by atoms with Gasteiger partial charge >= 0.3 is 5.97 Å². The van der Waals surface area contributed by atoms with Crippen molar-refractivity contribution in [3.8, 4) is 0 Å². The fourth-order valence-electron chi connectivity index (χ4n) is 2.49. The fourth-order valence-corrected chi connectivity index (χ4v) is 2.49. The molecule has 0 saturated carbocycles. The first-order valence-corrected chi connectivity index (χ1v) is 7.04. The standard InChI is InChI=1S/C15H11F4NO4/c1-2-24-15(22)7-3-20(6-4-23-5-6)13-8(14(7)21)9(16)10(17)11(18)12(13)19/h3,6H,2,4-5H2,1H3. The Morgan fingerprint density at radius 1 is 1.21 bits per heavy atom. The summed E-state index contributed by atoms with van der Waals surface area (Å²) in [4.78, 5) is 24.2. The molecule has 0 radical (unpaired) electrons. The molecule has 1 aliphatic rings. The van der Waals surface area contributed by atoms with Gasteiger partial charge in [-0.05, 0) is 6.92 Å². The van der Waals surface area contributed by atoms with Gasteiger partial charge in [0.15, 0.2) is 23.3 Å². The molecule has 1 fully saturated rings. The van der Waals surface area contributed by atoms with E-state index in [4.69, 9.17) is 9.47 Å². The zero-order valence-corrected chi connectivity index (χ0v) is 12.4. The Balaban J connectivity index is 2.44. The van der Waals surface area contributed by atoms with E-state index in [-0.39, 0.29) is 19.8 Å². The highest BCUT2D eigenvalue weighted by Crippen LogP contribution is 2.29. The number of esters is 1. The summed E-state index contributed by atoms with van der Waals surface area (Å²) in [6, 6.07) is -0.556. The van der Waals surface area contributed by atoms with Gasteiger partial charge in [0.05, 0.1) is 36.8 Å². The van der Waals surface area contributed by atoms with Crippen molar-refractivity contribution in [1.82, 2.24) is 4.57 Å². The lowest BCUT2D eigenvalue weighted by Crippen LogP contribution is -2.34. The molecule has 0 unspecified atom stereocenters. The lowest BCUT2D eigenvalue weighted by atomic mass is 10.1. The molecule has 0 N–H and O–H groups in total. The van der Waals surface area contributed by atoms with Crippen LogP contribution in [0.4, 0.5) is 17.6 Å². The zero-order chi connectivity index (χ0) is 17.6. The second kappa shape index (κ2) is 5.90. The van der Waals surface area contributed by atoms with Crippen LogP contribution >= 0.6 is 0 Å². The third kappa shape index (κ3) is 2.27. The Morgan fingerprint density at radius 3 is 2.38 bits per heavy atom. The van der Waals surface area contributed by atoms with E-state index in [1.807, 2.05) is 0 Å². The number of rotatable bonds is 3. The summed E-state index contributed by atoms with van der Waals surface area (Å²) in [6.07, 6.45) is 0.954. The summed E-state index contributed by atoms with van der Waals surface area (Å²) in [5.41, 5.74) is -2.62. The number of pyridine rings is 1. The van der Waals surface area contributed by atoms with Gasteiger partial charge in [-0.2, -0.15) is 0 Å². The molecule has 0 bridgehead atoms. The number of aromatic nitrogens is 1. The quantitative estimate of drug-likeness (QED) is 0.371. The van der Waals surface area contributed by atoms with Crippen molar-refractivity contribution < 1.29 is 31.8 Å². The molecule has 0 atom stereocenters. The van der Waals surface area contributed by atoms with Crippen LogP contribution in [0.2, 0.25) is 0 Å². The lowest BCUT2D eigenvalue weighted by Gasteiger charge is -2.30. The molecule has 0 amide bonds. The van der Waals surface area contributed by atoms with Crippen molar-refractivity contribution in [2.45, 2.75) is 13.0 Å². The van der Waals surface area contributed by atoms with Gasteiger partial charge in [-0.3, -0.25) is 4.79 Å². The van der Waals surface area contributed by atoms with Crippen molar-refractivity contribution >= 4 is 16.9 Å². The van der Waals surface area contributed by atoms with Crippen molar-refractivity contribution in [2.75, 3.05) is 19.8 Å². The molecule has 9 heteroatoms. The molecule has 24 heavy (non-hydrogen) atoms. The van der Waals surface area contributed by atoms with E-state index in [1.165, 1.54) is 6.92 Å². The maximum absolute atomic E-state index is 14.2. The molecule has 0 spiro atoms. The number of halogens is 4. The van der Waals surface area contributed by atoms with E-state index < -0.39 is 57.2 Å². The minimum atomic E-state index is -2.12. The SMILES string of the molecule is CCOC(=O)c1cn(C2COC2)c2c(F)c(F)c(F)c(F)c2c1=O. The number of carbonyl (C=O) groups excluding carboxylic acids is 1. The molecular formula is C15H11F4NO4. The van der Waals surface area contributed by atoms with E-state index in [9.17, 15) is 27.2 Å². The minimum absolute atomic E-state index is 0.0581. The Kier molecular flexibility index (Phi) is 4.04. The number of ether oxygens (including phenoxy) is 2. The first-order valence-electron chi connectivity index (χ1n) is 7.04. The Hall–Kier alpha value is -2.42. The Morgan fingerprint density at radius 2 is 1.83 bits per heavy atom. The van der Waals surface area contributed by atoms with Gasteiger partial charge in [-0.25, -0.2) is 22.4 Å². The zero-order valence-electron chi connectivity index (χ0n) is 12.4. The third-order valence-electron chi connectivity index (χ3n) is 3.75. The van der Waals surface area contributed by atoms with Gasteiger partial charge in [0.25, 0.3) is 0 Å². The van der Waals surface area contributed by atoms with Gasteiger partial charge in [-0.1, -0.05) is 0 Å². The van der Waals surface area contributed by atoms with Crippen LogP contribution in [0.1, 0.15) is 23.3 Å². The largest absolute Gasteiger partial charge is 0.462 e. The summed E-state index contributed by atoms with van der Waals surface area (Å²) < 4.78 is 66.1. The van der Waals surface area contributed by atoms with Crippen LogP contribution < -0.4 is 5.43 Å². The van der Waals surface area contributed by atoms with E-state index in [1.54, 1.807) is 0 Å². The number of carbonyl (C=O) groups is 1. The Labute approximate surface area is 132 Å². The van der Waals surface area contributed by atoms with Crippen LogP contribution in [0.3, 0.4) is 0 Å². The van der Waals surface area contributed by atoms with Gasteiger partial charge in [0.1, 0.15) is 5.56 Å². The van der Waals surface area contributed by atoms with E-state index in [0.717, 1.165) is 10.8 Å². The molecule has 1 aromatic carbocycles. The molecule has 1 aliphatic heterocycles. The van der Waals surface area contributed by atoms with Crippen LogP contribution in [0, 0.1) is 23.3 Å².